The van der Waals surface area contributed by atoms with E-state index in [0.29, 0.717) is 12.2 Å². The van der Waals surface area contributed by atoms with Crippen molar-refractivity contribution in [1.82, 2.24) is 5.32 Å². The molecule has 0 aliphatic rings. The molecule has 19 heavy (non-hydrogen) atoms. The Morgan fingerprint density at radius 3 is 2.21 bits per heavy atom. The molecule has 0 radical (unpaired) electrons. The molecule has 0 spiro atoms. The summed E-state index contributed by atoms with van der Waals surface area (Å²) in [6.07, 6.45) is -4.00. The Morgan fingerprint density at radius 2 is 1.79 bits per heavy atom. The summed E-state index contributed by atoms with van der Waals surface area (Å²) in [5, 5.41) is 11.6. The van der Waals surface area contributed by atoms with Gasteiger partial charge in [0.05, 0.1) is 20.3 Å². The Balaban J connectivity index is 2.68. The van der Waals surface area contributed by atoms with E-state index in [2.05, 4.69) is 5.32 Å². The Kier molecular flexibility index (Phi) is 5.20. The van der Waals surface area contributed by atoms with Gasteiger partial charge in [0.15, 0.2) is 0 Å². The number of benzene rings is 1. The average molecular weight is 277 g/mol. The largest absolute Gasteiger partial charge is 0.497 e. The van der Waals surface area contributed by atoms with Crippen molar-refractivity contribution < 1.29 is 23.0 Å². The van der Waals surface area contributed by atoms with Gasteiger partial charge in [-0.1, -0.05) is 12.1 Å². The predicted molar refractivity (Wildman–Crippen MR) is 66.2 cm³/mol. The van der Waals surface area contributed by atoms with Crippen LogP contribution in [-0.2, 0) is 6.42 Å². The first-order chi connectivity index (χ1) is 8.78. The van der Waals surface area contributed by atoms with Gasteiger partial charge in [0, 0.05) is 5.54 Å². The molecule has 0 aliphatic heterocycles. The fraction of sp³-hybridized carbons (Fsp3) is 0.538. The highest BCUT2D eigenvalue weighted by Gasteiger charge is 2.32. The third-order valence-electron chi connectivity index (χ3n) is 2.82. The summed E-state index contributed by atoms with van der Waals surface area (Å²) < 4.78 is 41.6. The zero-order valence-electron chi connectivity index (χ0n) is 10.9. The second-order valence-electron chi connectivity index (χ2n) is 4.71. The van der Waals surface area contributed by atoms with Crippen molar-refractivity contribution in [1.29, 1.82) is 0 Å². The number of nitrogens with one attached hydrogen (secondary N) is 1. The van der Waals surface area contributed by atoms with Crippen molar-refractivity contribution in [3.8, 4) is 5.75 Å². The minimum atomic E-state index is -4.30. The maximum Gasteiger partial charge on any atom is 0.401 e. The molecule has 0 saturated heterocycles. The van der Waals surface area contributed by atoms with E-state index in [1.807, 2.05) is 0 Å². The quantitative estimate of drug-likeness (QED) is 0.837. The molecule has 0 heterocycles. The second kappa shape index (κ2) is 6.25. The SMILES string of the molecule is COc1ccc(CC(C)(CO)NCC(F)(F)F)cc1. The molecule has 0 bridgehead atoms. The van der Waals surface area contributed by atoms with Gasteiger partial charge in [-0.25, -0.2) is 0 Å². The lowest BCUT2D eigenvalue weighted by atomic mass is 9.93. The van der Waals surface area contributed by atoms with Crippen LogP contribution in [0.15, 0.2) is 24.3 Å². The summed E-state index contributed by atoms with van der Waals surface area (Å²) in [6, 6.07) is 7.00. The number of halogens is 3. The number of aliphatic hydroxyl groups excluding tert-OH is 1. The first-order valence-corrected chi connectivity index (χ1v) is 5.83. The maximum absolute atomic E-state index is 12.2. The lowest BCUT2D eigenvalue weighted by Crippen LogP contribution is -2.51. The van der Waals surface area contributed by atoms with Gasteiger partial charge < -0.3 is 15.2 Å². The number of alkyl halides is 3. The van der Waals surface area contributed by atoms with Crippen LogP contribution in [0.4, 0.5) is 13.2 Å². The summed E-state index contributed by atoms with van der Waals surface area (Å²) in [5.74, 6) is 0.678. The molecule has 1 aromatic rings. The highest BCUT2D eigenvalue weighted by molar-refractivity contribution is 5.28. The molecule has 0 fully saturated rings. The summed E-state index contributed by atoms with van der Waals surface area (Å²) >= 11 is 0. The molecule has 0 aliphatic carbocycles. The number of methoxy groups -OCH3 is 1. The monoisotopic (exact) mass is 277 g/mol. The third-order valence-corrected chi connectivity index (χ3v) is 2.82. The van der Waals surface area contributed by atoms with E-state index >= 15 is 0 Å². The minimum absolute atomic E-state index is 0.295. The third kappa shape index (κ3) is 5.48. The Morgan fingerprint density at radius 1 is 1.21 bits per heavy atom. The molecule has 2 N–H and O–H groups in total. The first-order valence-electron chi connectivity index (χ1n) is 5.83. The molecular weight excluding hydrogens is 259 g/mol. The lowest BCUT2D eigenvalue weighted by Gasteiger charge is -2.29. The van der Waals surface area contributed by atoms with Crippen molar-refractivity contribution in [3.63, 3.8) is 0 Å². The van der Waals surface area contributed by atoms with Gasteiger partial charge in [0.2, 0.25) is 0 Å². The number of rotatable bonds is 6. The van der Waals surface area contributed by atoms with Crippen molar-refractivity contribution in [2.75, 3.05) is 20.3 Å². The van der Waals surface area contributed by atoms with E-state index in [-0.39, 0.29) is 6.61 Å². The van der Waals surface area contributed by atoms with E-state index in [0.717, 1.165) is 5.56 Å². The van der Waals surface area contributed by atoms with Crippen LogP contribution < -0.4 is 10.1 Å². The van der Waals surface area contributed by atoms with Crippen LogP contribution in [0.1, 0.15) is 12.5 Å². The maximum atomic E-state index is 12.2. The minimum Gasteiger partial charge on any atom is -0.497 e. The summed E-state index contributed by atoms with van der Waals surface area (Å²) in [5.41, 5.74) is -0.184. The summed E-state index contributed by atoms with van der Waals surface area (Å²) in [7, 11) is 1.54. The van der Waals surface area contributed by atoms with Crippen LogP contribution in [0, 0.1) is 0 Å². The van der Waals surface area contributed by atoms with E-state index in [1.165, 1.54) is 7.11 Å². The van der Waals surface area contributed by atoms with Crippen LogP contribution >= 0.6 is 0 Å². The molecule has 1 atom stereocenters. The van der Waals surface area contributed by atoms with Crippen LogP contribution in [0.2, 0.25) is 0 Å². The van der Waals surface area contributed by atoms with Crippen LogP contribution in [0.5, 0.6) is 5.75 Å². The molecule has 0 amide bonds. The number of aliphatic hydroxyl groups is 1. The number of hydrogen-bond donors (Lipinski definition) is 2. The zero-order valence-corrected chi connectivity index (χ0v) is 10.9. The van der Waals surface area contributed by atoms with Gasteiger partial charge in [-0.15, -0.1) is 0 Å². The van der Waals surface area contributed by atoms with Crippen LogP contribution in [0.25, 0.3) is 0 Å². The summed E-state index contributed by atoms with van der Waals surface area (Å²) in [4.78, 5) is 0. The molecule has 108 valence electrons. The normalized spacial score (nSPS) is 15.1. The Bertz CT molecular complexity index is 392. The molecule has 0 saturated carbocycles. The topological polar surface area (TPSA) is 41.5 Å². The standard InChI is InChI=1S/C13H18F3NO2/c1-12(9-18,17-8-13(14,15)16)7-10-3-5-11(19-2)6-4-10/h3-6,17-18H,7-9H2,1-2H3. The van der Waals surface area contributed by atoms with Gasteiger partial charge in [0.1, 0.15) is 5.75 Å². The van der Waals surface area contributed by atoms with Crippen LogP contribution in [0.3, 0.4) is 0 Å². The van der Waals surface area contributed by atoms with Crippen molar-refractivity contribution in [2.24, 2.45) is 0 Å². The van der Waals surface area contributed by atoms with Crippen LogP contribution in [-0.4, -0.2) is 37.1 Å². The molecule has 1 rings (SSSR count). The molecule has 6 heteroatoms. The highest BCUT2D eigenvalue weighted by Crippen LogP contribution is 2.19. The lowest BCUT2D eigenvalue weighted by molar-refractivity contribution is -0.129. The fourth-order valence-corrected chi connectivity index (χ4v) is 1.68. The zero-order chi connectivity index (χ0) is 14.5. The van der Waals surface area contributed by atoms with E-state index < -0.39 is 18.3 Å². The molecule has 0 aromatic heterocycles. The van der Waals surface area contributed by atoms with Crippen molar-refractivity contribution in [2.45, 2.75) is 25.1 Å². The van der Waals surface area contributed by atoms with Gasteiger partial charge in [-0.05, 0) is 31.0 Å². The first kappa shape index (κ1) is 15.8. The van der Waals surface area contributed by atoms with E-state index in [9.17, 15) is 18.3 Å². The van der Waals surface area contributed by atoms with Crippen molar-refractivity contribution in [3.05, 3.63) is 29.8 Å². The Labute approximate surface area is 110 Å². The van der Waals surface area contributed by atoms with E-state index in [4.69, 9.17) is 4.74 Å². The average Bonchev–Trinajstić information content (AvgIpc) is 2.37. The predicted octanol–water partition coefficient (Wildman–Crippen LogP) is 2.14. The molecule has 3 nitrogen and oxygen atoms in total. The van der Waals surface area contributed by atoms with E-state index in [1.54, 1.807) is 31.2 Å². The highest BCUT2D eigenvalue weighted by atomic mass is 19.4. The molecule has 1 aromatic carbocycles. The van der Waals surface area contributed by atoms with Gasteiger partial charge in [-0.2, -0.15) is 13.2 Å². The van der Waals surface area contributed by atoms with Crippen molar-refractivity contribution >= 4 is 0 Å². The van der Waals surface area contributed by atoms with Gasteiger partial charge >= 0.3 is 6.18 Å². The second-order valence-corrected chi connectivity index (χ2v) is 4.71. The fourth-order valence-electron chi connectivity index (χ4n) is 1.68. The Hall–Kier alpha value is -1.27. The number of hydrogen-bond acceptors (Lipinski definition) is 3. The summed E-state index contributed by atoms with van der Waals surface area (Å²) in [6.45, 7) is 0.0539. The molecular formula is C13H18F3NO2. The van der Waals surface area contributed by atoms with Gasteiger partial charge in [0.25, 0.3) is 0 Å². The smallest absolute Gasteiger partial charge is 0.401 e. The molecule has 1 unspecified atom stereocenters. The van der Waals surface area contributed by atoms with Gasteiger partial charge in [-0.3, -0.25) is 0 Å². The number of ether oxygens (including phenoxy) is 1.